The topological polar surface area (TPSA) is 105 Å². The van der Waals surface area contributed by atoms with Crippen LogP contribution in [-0.2, 0) is 26.7 Å². The lowest BCUT2D eigenvalue weighted by atomic mass is 9.67. The van der Waals surface area contributed by atoms with E-state index in [-0.39, 0.29) is 29.0 Å². The van der Waals surface area contributed by atoms with E-state index in [0.29, 0.717) is 42.7 Å². The summed E-state index contributed by atoms with van der Waals surface area (Å²) in [5.41, 5.74) is 3.38. The number of nitrogens with one attached hydrogen (secondary N) is 2. The van der Waals surface area contributed by atoms with E-state index in [9.17, 15) is 18.0 Å². The molecule has 2 bridgehead atoms. The van der Waals surface area contributed by atoms with Crippen molar-refractivity contribution in [3.05, 3.63) is 58.1 Å². The summed E-state index contributed by atoms with van der Waals surface area (Å²) in [4.78, 5) is 28.5. The van der Waals surface area contributed by atoms with Crippen molar-refractivity contribution in [1.29, 1.82) is 0 Å². The maximum absolute atomic E-state index is 13.2. The summed E-state index contributed by atoms with van der Waals surface area (Å²) in [7, 11) is -3.79. The van der Waals surface area contributed by atoms with E-state index in [1.54, 1.807) is 12.1 Å². The Bertz CT molecular complexity index is 1530. The number of fused-ring (bicyclic) bond motifs is 4. The molecule has 10 heteroatoms. The number of aryl methyl sites for hydroxylation is 1. The van der Waals surface area contributed by atoms with Gasteiger partial charge in [0, 0.05) is 41.1 Å². The van der Waals surface area contributed by atoms with Gasteiger partial charge in [0.15, 0.2) is 0 Å². The van der Waals surface area contributed by atoms with E-state index in [0.717, 1.165) is 68.6 Å². The van der Waals surface area contributed by atoms with Crippen LogP contribution in [0, 0.1) is 17.8 Å². The molecule has 238 valence electrons. The fourth-order valence-electron chi connectivity index (χ4n) is 7.72. The number of halogens is 1. The fourth-order valence-corrected chi connectivity index (χ4v) is 9.00. The first kappa shape index (κ1) is 31.2. The molecule has 1 saturated carbocycles. The number of hydrogen-bond donors (Lipinski definition) is 2. The molecule has 2 aliphatic heterocycles. The lowest BCUT2D eigenvalue weighted by Crippen LogP contribution is -2.52. The maximum atomic E-state index is 13.2. The van der Waals surface area contributed by atoms with Crippen LogP contribution in [0.3, 0.4) is 0 Å². The van der Waals surface area contributed by atoms with Crippen molar-refractivity contribution in [3.8, 4) is 5.75 Å². The van der Waals surface area contributed by atoms with Gasteiger partial charge < -0.3 is 15.0 Å². The van der Waals surface area contributed by atoms with E-state index >= 15 is 0 Å². The molecular formula is C34H44ClN3O5S. The van der Waals surface area contributed by atoms with Gasteiger partial charge in [0.1, 0.15) is 5.75 Å². The average molecular weight is 642 g/mol. The minimum absolute atomic E-state index is 0.0495. The van der Waals surface area contributed by atoms with Crippen molar-refractivity contribution >= 4 is 39.1 Å². The molecule has 0 aromatic heterocycles. The molecule has 1 fully saturated rings. The van der Waals surface area contributed by atoms with E-state index in [4.69, 9.17) is 16.3 Å². The number of rotatable bonds is 2. The smallest absolute Gasteiger partial charge is 0.264 e. The third kappa shape index (κ3) is 6.45. The summed E-state index contributed by atoms with van der Waals surface area (Å²) in [5.74, 6) is 0.639. The van der Waals surface area contributed by atoms with Gasteiger partial charge in [-0.2, -0.15) is 0 Å². The molecule has 6 rings (SSSR count). The predicted octanol–water partition coefficient (Wildman–Crippen LogP) is 5.61. The zero-order chi connectivity index (χ0) is 31.1. The van der Waals surface area contributed by atoms with Crippen LogP contribution in [0.4, 0.5) is 5.69 Å². The van der Waals surface area contributed by atoms with E-state index in [2.05, 4.69) is 27.1 Å². The second-order valence-corrected chi connectivity index (χ2v) is 15.9. The highest BCUT2D eigenvalue weighted by Gasteiger charge is 2.44. The van der Waals surface area contributed by atoms with E-state index in [1.807, 2.05) is 26.0 Å². The predicted molar refractivity (Wildman–Crippen MR) is 173 cm³/mol. The number of amides is 2. The Morgan fingerprint density at radius 2 is 1.93 bits per heavy atom. The van der Waals surface area contributed by atoms with Gasteiger partial charge in [-0.3, -0.25) is 9.59 Å². The highest BCUT2D eigenvalue weighted by Crippen LogP contribution is 2.47. The number of sulfonamides is 1. The Morgan fingerprint density at radius 3 is 2.70 bits per heavy atom. The molecule has 2 aliphatic carbocycles. The monoisotopic (exact) mass is 641 g/mol. The molecule has 0 saturated heterocycles. The number of ether oxygens (including phenoxy) is 1. The van der Waals surface area contributed by atoms with Crippen molar-refractivity contribution in [2.24, 2.45) is 17.8 Å². The van der Waals surface area contributed by atoms with Gasteiger partial charge in [0.2, 0.25) is 15.9 Å². The number of hydrogen-bond acceptors (Lipinski definition) is 6. The first-order chi connectivity index (χ1) is 21.0. The molecule has 2 N–H and O–H groups in total. The van der Waals surface area contributed by atoms with Crippen LogP contribution in [0.25, 0.3) is 0 Å². The minimum atomic E-state index is -3.79. The molecular weight excluding hydrogens is 598 g/mol. The molecule has 8 nitrogen and oxygen atoms in total. The molecule has 0 unspecified atom stereocenters. The lowest BCUT2D eigenvalue weighted by molar-refractivity contribution is -0.125. The van der Waals surface area contributed by atoms with Crippen LogP contribution in [0.5, 0.6) is 5.75 Å². The van der Waals surface area contributed by atoms with Crippen LogP contribution >= 0.6 is 11.6 Å². The molecule has 44 heavy (non-hydrogen) atoms. The summed E-state index contributed by atoms with van der Waals surface area (Å²) in [6.45, 7) is 5.82. The minimum Gasteiger partial charge on any atom is -0.490 e. The Hall–Kier alpha value is -2.78. The van der Waals surface area contributed by atoms with Crippen LogP contribution < -0.4 is 19.7 Å². The second-order valence-electron chi connectivity index (χ2n) is 13.7. The summed E-state index contributed by atoms with van der Waals surface area (Å²) < 4.78 is 34.5. The summed E-state index contributed by atoms with van der Waals surface area (Å²) in [6.07, 6.45) is 7.91. The molecule has 0 radical (unpaired) electrons. The molecule has 2 aromatic carbocycles. The first-order valence-corrected chi connectivity index (χ1v) is 18.2. The highest BCUT2D eigenvalue weighted by molar-refractivity contribution is 7.90. The van der Waals surface area contributed by atoms with Crippen LogP contribution in [0.2, 0.25) is 5.02 Å². The third-order valence-electron chi connectivity index (χ3n) is 10.3. The molecule has 4 atom stereocenters. The number of carbonyl (C=O) groups is 2. The third-order valence-corrected chi connectivity index (χ3v) is 11.8. The van der Waals surface area contributed by atoms with E-state index < -0.39 is 15.9 Å². The van der Waals surface area contributed by atoms with Crippen LogP contribution in [-0.4, -0.2) is 51.7 Å². The Balaban J connectivity index is 1.39. The summed E-state index contributed by atoms with van der Waals surface area (Å²) in [5, 5.41) is 4.09. The van der Waals surface area contributed by atoms with Crippen molar-refractivity contribution < 1.29 is 22.7 Å². The molecule has 2 amide bonds. The largest absolute Gasteiger partial charge is 0.490 e. The SMILES string of the molecule is CC(C)C(=O)N[C@@H]1CCCCCS(=O)(=O)NC(=O)c2ccc3c(c2)N(C[C@@H]2CC[C@H]21)C[C@@]1(CCCc2cc(Cl)ccc21)CO3. The van der Waals surface area contributed by atoms with Crippen LogP contribution in [0.15, 0.2) is 36.4 Å². The molecule has 2 heterocycles. The highest BCUT2D eigenvalue weighted by atomic mass is 35.5. The van der Waals surface area contributed by atoms with Gasteiger partial charge in [0.25, 0.3) is 5.91 Å². The number of anilines is 1. The summed E-state index contributed by atoms with van der Waals surface area (Å²) >= 11 is 6.42. The van der Waals surface area contributed by atoms with Crippen molar-refractivity contribution in [1.82, 2.24) is 10.0 Å². The standard InChI is InChI=1S/C34H44ClN3O5S/c1-22(2)32(39)36-29-8-4-3-5-16-44(41,42)37-33(40)24-10-14-31-30(18-24)38(19-25-9-12-27(25)29)20-34(21-43-31)15-6-7-23-17-26(35)11-13-28(23)34/h10-11,13-14,17-18,22,25,27,29H,3-9,12,15-16,19-21H2,1-2H3,(H,36,39)(H,37,40)/t25-,27+,29+,34-/m0/s1. The number of nitrogens with zero attached hydrogens (tertiary/aromatic N) is 1. The van der Waals surface area contributed by atoms with Gasteiger partial charge in [-0.25, -0.2) is 13.1 Å². The van der Waals surface area contributed by atoms with Crippen LogP contribution in [0.1, 0.15) is 86.7 Å². The number of benzene rings is 2. The summed E-state index contributed by atoms with van der Waals surface area (Å²) in [6, 6.07) is 11.5. The van der Waals surface area contributed by atoms with E-state index in [1.165, 1.54) is 11.1 Å². The zero-order valence-corrected chi connectivity index (χ0v) is 27.3. The van der Waals surface area contributed by atoms with Gasteiger partial charge in [-0.1, -0.05) is 44.4 Å². The second kappa shape index (κ2) is 12.5. The molecule has 2 aromatic rings. The van der Waals surface area contributed by atoms with Gasteiger partial charge in [0.05, 0.1) is 18.0 Å². The number of carbonyl (C=O) groups excluding carboxylic acids is 2. The Morgan fingerprint density at radius 1 is 1.09 bits per heavy atom. The quantitative estimate of drug-likeness (QED) is 0.442. The maximum Gasteiger partial charge on any atom is 0.264 e. The normalized spacial score (nSPS) is 28.5. The average Bonchev–Trinajstić information content (AvgIpc) is 3.11. The van der Waals surface area contributed by atoms with Gasteiger partial charge in [-0.05, 0) is 98.2 Å². The van der Waals surface area contributed by atoms with Gasteiger partial charge in [-0.15, -0.1) is 0 Å². The molecule has 1 spiro atoms. The lowest BCUT2D eigenvalue weighted by Gasteiger charge is -2.47. The Labute approximate surface area is 266 Å². The van der Waals surface area contributed by atoms with Gasteiger partial charge >= 0.3 is 0 Å². The van der Waals surface area contributed by atoms with Crippen molar-refractivity contribution in [3.63, 3.8) is 0 Å². The zero-order valence-electron chi connectivity index (χ0n) is 25.7. The fraction of sp³-hybridized carbons (Fsp3) is 0.588. The first-order valence-electron chi connectivity index (χ1n) is 16.2. The molecule has 4 aliphatic rings. The van der Waals surface area contributed by atoms with Crippen molar-refractivity contribution in [2.75, 3.05) is 30.3 Å². The van der Waals surface area contributed by atoms with Crippen molar-refractivity contribution in [2.45, 2.75) is 83.1 Å². The Kier molecular flexibility index (Phi) is 8.90.